The van der Waals surface area contributed by atoms with Crippen LogP contribution in [0.1, 0.15) is 29.5 Å². The molecule has 0 atom stereocenters. The second-order valence-corrected chi connectivity index (χ2v) is 10.1. The van der Waals surface area contributed by atoms with E-state index in [1.54, 1.807) is 47.4 Å². The van der Waals surface area contributed by atoms with Crippen LogP contribution in [0.15, 0.2) is 70.0 Å². The summed E-state index contributed by atoms with van der Waals surface area (Å²) in [5.74, 6) is 0.316. The molecule has 2 heterocycles. The topological polar surface area (TPSA) is 87.9 Å². The van der Waals surface area contributed by atoms with Crippen LogP contribution in [0.2, 0.25) is 0 Å². The average Bonchev–Trinajstić information content (AvgIpc) is 3.32. The Morgan fingerprint density at radius 3 is 2.41 bits per heavy atom. The second-order valence-electron chi connectivity index (χ2n) is 8.11. The van der Waals surface area contributed by atoms with Gasteiger partial charge in [-0.05, 0) is 43.3 Å². The lowest BCUT2D eigenvalue weighted by Gasteiger charge is -2.34. The summed E-state index contributed by atoms with van der Waals surface area (Å²) in [6.45, 7) is 2.30. The third kappa shape index (κ3) is 5.10. The van der Waals surface area contributed by atoms with Crippen LogP contribution >= 0.6 is 0 Å². The predicted molar refractivity (Wildman–Crippen MR) is 124 cm³/mol. The molecule has 1 saturated heterocycles. The molecule has 0 bridgehead atoms. The summed E-state index contributed by atoms with van der Waals surface area (Å²) in [4.78, 5) is 26.0. The number of halogens is 1. The zero-order valence-electron chi connectivity index (χ0n) is 18.7. The van der Waals surface area contributed by atoms with E-state index in [-0.39, 0.29) is 55.0 Å². The largest absolute Gasteiger partial charge is 0.461 e. The van der Waals surface area contributed by atoms with Crippen molar-refractivity contribution < 1.29 is 26.8 Å². The first-order valence-electron chi connectivity index (χ1n) is 11.0. The van der Waals surface area contributed by atoms with Crippen LogP contribution in [0.5, 0.6) is 0 Å². The minimum absolute atomic E-state index is 0.0726. The van der Waals surface area contributed by atoms with Gasteiger partial charge in [-0.3, -0.25) is 9.59 Å². The first-order valence-corrected chi connectivity index (χ1v) is 12.4. The minimum Gasteiger partial charge on any atom is -0.461 e. The SMILES string of the molecule is CC(=O)c1cccc(S(=O)(=O)N2CCN(C(=O)CCc3ccc(-c4ccccc4F)o3)CC2)c1. The molecule has 0 unspecified atom stereocenters. The Bertz CT molecular complexity index is 1310. The van der Waals surface area contributed by atoms with Crippen molar-refractivity contribution in [1.82, 2.24) is 9.21 Å². The maximum absolute atomic E-state index is 13.9. The van der Waals surface area contributed by atoms with Gasteiger partial charge in [-0.2, -0.15) is 4.31 Å². The Morgan fingerprint density at radius 2 is 1.71 bits per heavy atom. The molecule has 0 spiro atoms. The summed E-state index contributed by atoms with van der Waals surface area (Å²) in [5.41, 5.74) is 0.706. The number of carbonyl (C=O) groups is 2. The molecule has 0 aliphatic carbocycles. The normalized spacial score (nSPS) is 14.8. The molecule has 1 aromatic heterocycles. The van der Waals surface area contributed by atoms with Gasteiger partial charge in [-0.1, -0.05) is 24.3 Å². The van der Waals surface area contributed by atoms with Gasteiger partial charge in [0.05, 0.1) is 10.5 Å². The highest BCUT2D eigenvalue weighted by Crippen LogP contribution is 2.25. The number of furan rings is 1. The van der Waals surface area contributed by atoms with Crippen molar-refractivity contribution in [1.29, 1.82) is 0 Å². The number of hydrogen-bond donors (Lipinski definition) is 0. The molecule has 0 saturated carbocycles. The molecule has 0 radical (unpaired) electrons. The van der Waals surface area contributed by atoms with Crippen LogP contribution in [0, 0.1) is 5.82 Å². The molecule has 2 aromatic carbocycles. The van der Waals surface area contributed by atoms with E-state index in [0.29, 0.717) is 29.1 Å². The summed E-state index contributed by atoms with van der Waals surface area (Å²) >= 11 is 0. The number of benzene rings is 2. The molecular formula is C25H25FN2O5S. The number of aryl methyl sites for hydroxylation is 1. The monoisotopic (exact) mass is 484 g/mol. The highest BCUT2D eigenvalue weighted by molar-refractivity contribution is 7.89. The van der Waals surface area contributed by atoms with E-state index in [1.165, 1.54) is 29.4 Å². The van der Waals surface area contributed by atoms with Gasteiger partial charge in [-0.15, -0.1) is 0 Å². The Hall–Kier alpha value is -3.30. The average molecular weight is 485 g/mol. The standard InChI is InChI=1S/C25H25FN2O5S/c1-18(29)19-5-4-6-21(17-19)34(31,32)28-15-13-27(14-16-28)25(30)12-10-20-9-11-24(33-20)22-7-2-3-8-23(22)26/h2-9,11,17H,10,12-16H2,1H3. The van der Waals surface area contributed by atoms with Crippen molar-refractivity contribution >= 4 is 21.7 Å². The van der Waals surface area contributed by atoms with Gasteiger partial charge in [0, 0.05) is 44.6 Å². The minimum atomic E-state index is -3.75. The molecule has 1 aliphatic rings. The van der Waals surface area contributed by atoms with E-state index in [1.807, 2.05) is 0 Å². The van der Waals surface area contributed by atoms with Crippen LogP contribution in [-0.4, -0.2) is 55.5 Å². The lowest BCUT2D eigenvalue weighted by molar-refractivity contribution is -0.132. The zero-order chi connectivity index (χ0) is 24.3. The zero-order valence-corrected chi connectivity index (χ0v) is 19.6. The predicted octanol–water partition coefficient (Wildman–Crippen LogP) is 3.75. The maximum Gasteiger partial charge on any atom is 0.243 e. The van der Waals surface area contributed by atoms with Gasteiger partial charge in [0.2, 0.25) is 15.9 Å². The molecule has 1 amide bonds. The van der Waals surface area contributed by atoms with Crippen LogP contribution in [0.3, 0.4) is 0 Å². The molecule has 0 N–H and O–H groups in total. The molecule has 4 rings (SSSR count). The highest BCUT2D eigenvalue weighted by atomic mass is 32.2. The number of amides is 1. The Balaban J connectivity index is 1.32. The fraction of sp³-hybridized carbons (Fsp3) is 0.280. The van der Waals surface area contributed by atoms with E-state index in [9.17, 15) is 22.4 Å². The van der Waals surface area contributed by atoms with Gasteiger partial charge in [0.15, 0.2) is 5.78 Å². The number of rotatable bonds is 7. The van der Waals surface area contributed by atoms with Crippen molar-refractivity contribution in [2.75, 3.05) is 26.2 Å². The summed E-state index contributed by atoms with van der Waals surface area (Å²) in [6.07, 6.45) is 0.571. The van der Waals surface area contributed by atoms with E-state index in [0.717, 1.165) is 0 Å². The van der Waals surface area contributed by atoms with Crippen molar-refractivity contribution in [2.24, 2.45) is 0 Å². The van der Waals surface area contributed by atoms with Crippen LogP contribution in [-0.2, 0) is 21.2 Å². The van der Waals surface area contributed by atoms with Gasteiger partial charge >= 0.3 is 0 Å². The van der Waals surface area contributed by atoms with Crippen molar-refractivity contribution in [2.45, 2.75) is 24.7 Å². The number of piperazine rings is 1. The van der Waals surface area contributed by atoms with Gasteiger partial charge in [-0.25, -0.2) is 12.8 Å². The summed E-state index contributed by atoms with van der Waals surface area (Å²) in [7, 11) is -3.75. The summed E-state index contributed by atoms with van der Waals surface area (Å²) in [6, 6.07) is 15.7. The smallest absolute Gasteiger partial charge is 0.243 e. The first kappa shape index (κ1) is 23.8. The number of nitrogens with zero attached hydrogens (tertiary/aromatic N) is 2. The van der Waals surface area contributed by atoms with Crippen molar-refractivity contribution in [3.05, 3.63) is 77.8 Å². The molecule has 178 valence electrons. The molecule has 7 nitrogen and oxygen atoms in total. The quantitative estimate of drug-likeness (QED) is 0.477. The van der Waals surface area contributed by atoms with Gasteiger partial charge < -0.3 is 9.32 Å². The summed E-state index contributed by atoms with van der Waals surface area (Å²) < 4.78 is 46.9. The van der Waals surface area contributed by atoms with E-state index < -0.39 is 10.0 Å². The second kappa shape index (κ2) is 9.90. The number of ketones is 1. The van der Waals surface area contributed by atoms with Crippen LogP contribution in [0.4, 0.5) is 4.39 Å². The van der Waals surface area contributed by atoms with Gasteiger partial charge in [0.1, 0.15) is 17.3 Å². The van der Waals surface area contributed by atoms with Gasteiger partial charge in [0.25, 0.3) is 0 Å². The number of carbonyl (C=O) groups excluding carboxylic acids is 2. The number of hydrogen-bond acceptors (Lipinski definition) is 5. The molecule has 1 aliphatic heterocycles. The van der Waals surface area contributed by atoms with E-state index >= 15 is 0 Å². The lowest BCUT2D eigenvalue weighted by Crippen LogP contribution is -2.50. The van der Waals surface area contributed by atoms with E-state index in [2.05, 4.69) is 0 Å². The maximum atomic E-state index is 13.9. The molecule has 1 fully saturated rings. The Morgan fingerprint density at radius 1 is 0.971 bits per heavy atom. The van der Waals surface area contributed by atoms with Crippen molar-refractivity contribution in [3.63, 3.8) is 0 Å². The van der Waals surface area contributed by atoms with E-state index in [4.69, 9.17) is 4.42 Å². The Labute approximate surface area is 197 Å². The molecule has 3 aromatic rings. The molecule has 34 heavy (non-hydrogen) atoms. The molecule has 9 heteroatoms. The van der Waals surface area contributed by atoms with Crippen LogP contribution < -0.4 is 0 Å². The molecular weight excluding hydrogens is 459 g/mol. The highest BCUT2D eigenvalue weighted by Gasteiger charge is 2.30. The third-order valence-corrected chi connectivity index (χ3v) is 7.75. The summed E-state index contributed by atoms with van der Waals surface area (Å²) in [5, 5.41) is 0. The van der Waals surface area contributed by atoms with Crippen LogP contribution in [0.25, 0.3) is 11.3 Å². The fourth-order valence-corrected chi connectivity index (χ4v) is 5.38. The number of sulfonamides is 1. The number of Topliss-reactive ketones (excluding diaryl/α,β-unsaturated/α-hetero) is 1. The first-order chi connectivity index (χ1) is 16.3. The fourth-order valence-electron chi connectivity index (χ4n) is 3.91. The Kier molecular flexibility index (Phi) is 6.95. The van der Waals surface area contributed by atoms with Crippen molar-refractivity contribution in [3.8, 4) is 11.3 Å². The third-order valence-electron chi connectivity index (χ3n) is 5.86. The lowest BCUT2D eigenvalue weighted by atomic mass is 10.1.